The van der Waals surface area contributed by atoms with Gasteiger partial charge in [0.2, 0.25) is 0 Å². The molecule has 1 aromatic carbocycles. The van der Waals surface area contributed by atoms with Gasteiger partial charge in [0.25, 0.3) is 5.56 Å². The number of aryl methyl sites for hydroxylation is 1. The molecule has 0 unspecified atom stereocenters. The van der Waals surface area contributed by atoms with Crippen LogP contribution < -0.4 is 5.56 Å². The number of aromatic amines is 1. The molecule has 84 valence electrons. The molecule has 3 rings (SSSR count). The molecule has 0 aliphatic rings. The zero-order chi connectivity index (χ0) is 11.8. The van der Waals surface area contributed by atoms with Gasteiger partial charge in [0.05, 0.1) is 6.20 Å². The summed E-state index contributed by atoms with van der Waals surface area (Å²) in [5.74, 6) is 0. The molecule has 4 heteroatoms. The smallest absolute Gasteiger partial charge is 0.266 e. The number of aromatic nitrogens is 2. The lowest BCUT2D eigenvalue weighted by Gasteiger charge is -1.96. The number of fused-ring (bicyclic) bond motifs is 1. The highest BCUT2D eigenvalue weighted by atomic mass is 32.1. The predicted octanol–water partition coefficient (Wildman–Crippen LogP) is 2.96. The summed E-state index contributed by atoms with van der Waals surface area (Å²) < 4.78 is 0.732. The molecule has 0 fully saturated rings. The van der Waals surface area contributed by atoms with Crippen molar-refractivity contribution in [3.05, 3.63) is 52.4 Å². The summed E-state index contributed by atoms with van der Waals surface area (Å²) in [6.45, 7) is 2.06. The molecule has 0 aliphatic heterocycles. The monoisotopic (exact) mass is 242 g/mol. The van der Waals surface area contributed by atoms with E-state index in [1.807, 2.05) is 6.07 Å². The van der Waals surface area contributed by atoms with Crippen molar-refractivity contribution in [2.24, 2.45) is 0 Å². The fourth-order valence-corrected chi connectivity index (χ4v) is 2.78. The summed E-state index contributed by atoms with van der Waals surface area (Å²) in [4.78, 5) is 12.7. The minimum atomic E-state index is -0.120. The van der Waals surface area contributed by atoms with E-state index in [4.69, 9.17) is 0 Å². The normalized spacial score (nSPS) is 10.9. The number of benzene rings is 1. The molecule has 17 heavy (non-hydrogen) atoms. The third kappa shape index (κ3) is 1.76. The highest BCUT2D eigenvalue weighted by Crippen LogP contribution is 2.31. The molecule has 2 aromatic heterocycles. The highest BCUT2D eigenvalue weighted by molar-refractivity contribution is 7.22. The molecule has 0 saturated carbocycles. The van der Waals surface area contributed by atoms with Crippen LogP contribution in [0.2, 0.25) is 0 Å². The van der Waals surface area contributed by atoms with Gasteiger partial charge in [-0.2, -0.15) is 5.10 Å². The van der Waals surface area contributed by atoms with Crippen LogP contribution in [0.15, 0.2) is 41.3 Å². The number of hydrogen-bond acceptors (Lipinski definition) is 3. The Balaban J connectivity index is 2.21. The molecular formula is C13H10N2OS. The van der Waals surface area contributed by atoms with E-state index in [1.54, 1.807) is 6.20 Å². The SMILES string of the molecule is Cc1ccc(-c2cc3cn[nH]c(=O)c3s2)cc1. The van der Waals surface area contributed by atoms with Crippen molar-refractivity contribution in [3.63, 3.8) is 0 Å². The Morgan fingerprint density at radius 1 is 1.24 bits per heavy atom. The zero-order valence-electron chi connectivity index (χ0n) is 9.23. The van der Waals surface area contributed by atoms with Crippen LogP contribution in [0.4, 0.5) is 0 Å². The van der Waals surface area contributed by atoms with Gasteiger partial charge in [0.1, 0.15) is 4.70 Å². The highest BCUT2D eigenvalue weighted by Gasteiger charge is 2.06. The average molecular weight is 242 g/mol. The van der Waals surface area contributed by atoms with Crippen molar-refractivity contribution in [1.82, 2.24) is 10.2 Å². The second kappa shape index (κ2) is 3.82. The van der Waals surface area contributed by atoms with Gasteiger partial charge >= 0.3 is 0 Å². The topological polar surface area (TPSA) is 45.8 Å². The first-order chi connectivity index (χ1) is 8.24. The van der Waals surface area contributed by atoms with E-state index in [1.165, 1.54) is 16.9 Å². The number of hydrogen-bond donors (Lipinski definition) is 1. The molecule has 3 nitrogen and oxygen atoms in total. The van der Waals surface area contributed by atoms with E-state index in [9.17, 15) is 4.79 Å². The molecule has 0 aliphatic carbocycles. The lowest BCUT2D eigenvalue weighted by Crippen LogP contribution is -2.04. The third-order valence-corrected chi connectivity index (χ3v) is 3.87. The van der Waals surface area contributed by atoms with Crippen LogP contribution >= 0.6 is 11.3 Å². The van der Waals surface area contributed by atoms with Gasteiger partial charge in [-0.25, -0.2) is 5.10 Å². The Morgan fingerprint density at radius 3 is 2.71 bits per heavy atom. The summed E-state index contributed by atoms with van der Waals surface area (Å²) in [5.41, 5.74) is 2.25. The summed E-state index contributed by atoms with van der Waals surface area (Å²) >= 11 is 1.50. The molecule has 0 bridgehead atoms. The minimum absolute atomic E-state index is 0.120. The first-order valence-electron chi connectivity index (χ1n) is 5.28. The van der Waals surface area contributed by atoms with Crippen molar-refractivity contribution < 1.29 is 0 Å². The Morgan fingerprint density at radius 2 is 2.00 bits per heavy atom. The van der Waals surface area contributed by atoms with Crippen molar-refractivity contribution in [2.45, 2.75) is 6.92 Å². The average Bonchev–Trinajstić information content (AvgIpc) is 2.75. The van der Waals surface area contributed by atoms with Crippen LogP contribution in [0.5, 0.6) is 0 Å². The van der Waals surface area contributed by atoms with Crippen molar-refractivity contribution in [2.75, 3.05) is 0 Å². The Hall–Kier alpha value is -1.94. The van der Waals surface area contributed by atoms with E-state index < -0.39 is 0 Å². The molecule has 2 heterocycles. The van der Waals surface area contributed by atoms with Gasteiger partial charge < -0.3 is 0 Å². The van der Waals surface area contributed by atoms with Crippen LogP contribution in [0, 0.1) is 6.92 Å². The standard InChI is InChI=1S/C13H10N2OS/c1-8-2-4-9(5-3-8)11-6-10-7-14-15-13(16)12(10)17-11/h2-7H,1H3,(H,15,16). The van der Waals surface area contributed by atoms with Crippen LogP contribution in [0.25, 0.3) is 20.5 Å². The van der Waals surface area contributed by atoms with Crippen molar-refractivity contribution in [1.29, 1.82) is 0 Å². The number of rotatable bonds is 1. The fraction of sp³-hybridized carbons (Fsp3) is 0.0769. The lowest BCUT2D eigenvalue weighted by molar-refractivity contribution is 1.01. The number of thiophene rings is 1. The second-order valence-electron chi connectivity index (χ2n) is 3.96. The van der Waals surface area contributed by atoms with Gasteiger partial charge in [0, 0.05) is 10.3 Å². The quantitative estimate of drug-likeness (QED) is 0.713. The maximum atomic E-state index is 11.6. The van der Waals surface area contributed by atoms with Gasteiger partial charge in [-0.3, -0.25) is 4.79 Å². The summed E-state index contributed by atoms with van der Waals surface area (Å²) in [5, 5.41) is 7.15. The van der Waals surface area contributed by atoms with E-state index in [-0.39, 0.29) is 5.56 Å². The molecule has 0 spiro atoms. The first kappa shape index (κ1) is 10.2. The molecule has 0 radical (unpaired) electrons. The van der Waals surface area contributed by atoms with E-state index in [0.29, 0.717) is 0 Å². The number of nitrogens with zero attached hydrogens (tertiary/aromatic N) is 1. The van der Waals surface area contributed by atoms with E-state index in [0.717, 1.165) is 20.5 Å². The molecule has 1 N–H and O–H groups in total. The Bertz CT molecular complexity index is 725. The Kier molecular flexibility index (Phi) is 2.30. The molecule has 0 saturated heterocycles. The summed E-state index contributed by atoms with van der Waals surface area (Å²) in [7, 11) is 0. The largest absolute Gasteiger partial charge is 0.282 e. The van der Waals surface area contributed by atoms with Crippen molar-refractivity contribution in [3.8, 4) is 10.4 Å². The molecule has 3 aromatic rings. The molecule has 0 atom stereocenters. The van der Waals surface area contributed by atoms with Gasteiger partial charge in [-0.15, -0.1) is 11.3 Å². The lowest BCUT2D eigenvalue weighted by atomic mass is 10.1. The second-order valence-corrected chi connectivity index (χ2v) is 5.01. The van der Waals surface area contributed by atoms with Crippen LogP contribution in [0.1, 0.15) is 5.56 Å². The summed E-state index contributed by atoms with van der Waals surface area (Å²) in [6, 6.07) is 10.3. The van der Waals surface area contributed by atoms with Crippen LogP contribution in [0.3, 0.4) is 0 Å². The van der Waals surface area contributed by atoms with Crippen molar-refractivity contribution >= 4 is 21.4 Å². The first-order valence-corrected chi connectivity index (χ1v) is 6.10. The van der Waals surface area contributed by atoms with Gasteiger partial charge in [0.15, 0.2) is 0 Å². The Labute approximate surface area is 102 Å². The third-order valence-electron chi connectivity index (χ3n) is 2.67. The van der Waals surface area contributed by atoms with Crippen LogP contribution in [-0.2, 0) is 0 Å². The maximum absolute atomic E-state index is 11.6. The predicted molar refractivity (Wildman–Crippen MR) is 70.4 cm³/mol. The zero-order valence-corrected chi connectivity index (χ0v) is 10.0. The van der Waals surface area contributed by atoms with Gasteiger partial charge in [-0.05, 0) is 18.6 Å². The molecule has 0 amide bonds. The van der Waals surface area contributed by atoms with E-state index >= 15 is 0 Å². The maximum Gasteiger partial charge on any atom is 0.282 e. The summed E-state index contributed by atoms with van der Waals surface area (Å²) in [6.07, 6.45) is 1.69. The van der Waals surface area contributed by atoms with Crippen LogP contribution in [-0.4, -0.2) is 10.2 Å². The number of nitrogens with one attached hydrogen (secondary N) is 1. The number of H-pyrrole nitrogens is 1. The van der Waals surface area contributed by atoms with Gasteiger partial charge in [-0.1, -0.05) is 29.8 Å². The molecular weight excluding hydrogens is 232 g/mol. The fourth-order valence-electron chi connectivity index (χ4n) is 1.75. The van der Waals surface area contributed by atoms with E-state index in [2.05, 4.69) is 41.4 Å². The minimum Gasteiger partial charge on any atom is -0.266 e.